The summed E-state index contributed by atoms with van der Waals surface area (Å²) in [5.74, 6) is 0.977. The quantitative estimate of drug-likeness (QED) is 0.894. The summed E-state index contributed by atoms with van der Waals surface area (Å²) < 4.78 is 1.97. The van der Waals surface area contributed by atoms with Crippen molar-refractivity contribution in [2.75, 3.05) is 13.1 Å². The molecule has 1 aromatic heterocycles. The molecule has 2 aromatic rings. The van der Waals surface area contributed by atoms with Gasteiger partial charge in [-0.15, -0.1) is 5.10 Å². The van der Waals surface area contributed by atoms with Crippen molar-refractivity contribution in [2.24, 2.45) is 11.8 Å². The lowest BCUT2D eigenvalue weighted by Gasteiger charge is -2.49. The summed E-state index contributed by atoms with van der Waals surface area (Å²) in [6.45, 7) is 2.85. The first-order chi connectivity index (χ1) is 12.8. The van der Waals surface area contributed by atoms with E-state index in [-0.39, 0.29) is 11.8 Å². The Morgan fingerprint density at radius 2 is 2.04 bits per heavy atom. The van der Waals surface area contributed by atoms with Crippen LogP contribution in [0.15, 0.2) is 36.5 Å². The van der Waals surface area contributed by atoms with Gasteiger partial charge in [0.1, 0.15) is 5.69 Å². The average molecular weight is 351 g/mol. The average Bonchev–Trinajstić information content (AvgIpc) is 3.38. The number of aromatic nitrogens is 3. The highest BCUT2D eigenvalue weighted by molar-refractivity contribution is 5.80. The van der Waals surface area contributed by atoms with Crippen LogP contribution in [0.1, 0.15) is 25.7 Å². The minimum atomic E-state index is 0.177. The number of nitrogens with one attached hydrogen (secondary N) is 1. The van der Waals surface area contributed by atoms with Crippen molar-refractivity contribution in [2.45, 2.75) is 44.3 Å². The van der Waals surface area contributed by atoms with Gasteiger partial charge in [0.25, 0.3) is 0 Å². The number of fused-ring (bicyclic) bond motifs is 3. The molecular weight excluding hydrogens is 326 g/mol. The van der Waals surface area contributed by atoms with Gasteiger partial charge in [-0.2, -0.15) is 0 Å². The molecule has 4 fully saturated rings. The molecular formula is C20H25N5O. The molecule has 4 heterocycles. The van der Waals surface area contributed by atoms with E-state index in [1.54, 1.807) is 0 Å². The predicted octanol–water partition coefficient (Wildman–Crippen LogP) is 1.93. The summed E-state index contributed by atoms with van der Waals surface area (Å²) in [4.78, 5) is 15.0. The Morgan fingerprint density at radius 1 is 1.19 bits per heavy atom. The highest BCUT2D eigenvalue weighted by Crippen LogP contribution is 2.37. The molecule has 1 amide bonds. The Labute approximate surface area is 153 Å². The molecule has 4 atom stereocenters. The van der Waals surface area contributed by atoms with Gasteiger partial charge >= 0.3 is 0 Å². The number of nitrogens with zero attached hydrogens (tertiary/aromatic N) is 4. The largest absolute Gasteiger partial charge is 0.353 e. The fourth-order valence-electron chi connectivity index (χ4n) is 4.51. The van der Waals surface area contributed by atoms with Gasteiger partial charge in [-0.25, -0.2) is 0 Å². The minimum absolute atomic E-state index is 0.177. The van der Waals surface area contributed by atoms with E-state index in [1.165, 1.54) is 0 Å². The molecule has 1 N–H and O–H groups in total. The lowest BCUT2D eigenvalue weighted by Crippen LogP contribution is -2.58. The maximum Gasteiger partial charge on any atom is 0.224 e. The number of carbonyl (C=O) groups excluding carboxylic acids is 1. The van der Waals surface area contributed by atoms with Gasteiger partial charge < -0.3 is 5.32 Å². The summed E-state index contributed by atoms with van der Waals surface area (Å²) in [6.07, 6.45) is 6.59. The van der Waals surface area contributed by atoms with Crippen LogP contribution < -0.4 is 5.32 Å². The number of amides is 1. The van der Waals surface area contributed by atoms with E-state index in [9.17, 15) is 4.79 Å². The highest BCUT2D eigenvalue weighted by Gasteiger charge is 2.44. The molecule has 136 valence electrons. The van der Waals surface area contributed by atoms with Crippen molar-refractivity contribution >= 4 is 5.91 Å². The first-order valence-electron chi connectivity index (χ1n) is 9.76. The molecule has 4 aliphatic rings. The minimum Gasteiger partial charge on any atom is -0.353 e. The third-order valence-corrected chi connectivity index (χ3v) is 6.15. The van der Waals surface area contributed by atoms with Crippen LogP contribution in [0.4, 0.5) is 0 Å². The SMILES string of the molecule is O=C(NC1CC1)[C@H]1CN2CCC1C[C@@H]2Cn1cc(-c2ccccc2)nn1. The topological polar surface area (TPSA) is 63.1 Å². The smallest absolute Gasteiger partial charge is 0.224 e. The third-order valence-electron chi connectivity index (χ3n) is 6.15. The van der Waals surface area contributed by atoms with Gasteiger partial charge in [0.15, 0.2) is 0 Å². The molecule has 6 rings (SSSR count). The summed E-state index contributed by atoms with van der Waals surface area (Å²) in [7, 11) is 0. The van der Waals surface area contributed by atoms with Crippen LogP contribution in [0.2, 0.25) is 0 Å². The second kappa shape index (κ2) is 6.50. The highest BCUT2D eigenvalue weighted by atomic mass is 16.2. The van der Waals surface area contributed by atoms with E-state index < -0.39 is 0 Å². The zero-order valence-corrected chi connectivity index (χ0v) is 14.9. The molecule has 2 unspecified atom stereocenters. The number of piperidine rings is 3. The van der Waals surface area contributed by atoms with E-state index >= 15 is 0 Å². The second-order valence-electron chi connectivity index (χ2n) is 8.01. The maximum atomic E-state index is 12.5. The monoisotopic (exact) mass is 351 g/mol. The van der Waals surface area contributed by atoms with Crippen molar-refractivity contribution in [3.63, 3.8) is 0 Å². The van der Waals surface area contributed by atoms with Gasteiger partial charge in [0.2, 0.25) is 5.91 Å². The van der Waals surface area contributed by atoms with E-state index in [1.807, 2.05) is 29.1 Å². The lowest BCUT2D eigenvalue weighted by molar-refractivity contribution is -0.133. The van der Waals surface area contributed by atoms with Gasteiger partial charge in [-0.05, 0) is 38.1 Å². The predicted molar refractivity (Wildman–Crippen MR) is 98.2 cm³/mol. The summed E-state index contributed by atoms with van der Waals surface area (Å²) in [5.41, 5.74) is 2.02. The number of hydrogen-bond acceptors (Lipinski definition) is 4. The molecule has 6 nitrogen and oxygen atoms in total. The molecule has 3 saturated heterocycles. The van der Waals surface area contributed by atoms with Crippen molar-refractivity contribution in [3.05, 3.63) is 36.5 Å². The van der Waals surface area contributed by atoms with E-state index in [0.29, 0.717) is 18.0 Å². The Bertz CT molecular complexity index is 785. The van der Waals surface area contributed by atoms with E-state index in [2.05, 4.69) is 32.7 Å². The number of rotatable bonds is 5. The van der Waals surface area contributed by atoms with Gasteiger partial charge in [0, 0.05) is 24.2 Å². The maximum absolute atomic E-state index is 12.5. The van der Waals surface area contributed by atoms with Crippen LogP contribution in [0.3, 0.4) is 0 Å². The fraction of sp³-hybridized carbons (Fsp3) is 0.550. The van der Waals surface area contributed by atoms with Crippen molar-refractivity contribution in [1.82, 2.24) is 25.2 Å². The van der Waals surface area contributed by atoms with E-state index in [0.717, 1.165) is 56.6 Å². The molecule has 0 spiro atoms. The lowest BCUT2D eigenvalue weighted by atomic mass is 9.75. The normalized spacial score (nSPS) is 30.3. The zero-order valence-electron chi connectivity index (χ0n) is 14.9. The van der Waals surface area contributed by atoms with E-state index in [4.69, 9.17) is 0 Å². The van der Waals surface area contributed by atoms with Crippen LogP contribution in [-0.4, -0.2) is 51.0 Å². The Balaban J connectivity index is 1.24. The summed E-state index contributed by atoms with van der Waals surface area (Å²) >= 11 is 0. The van der Waals surface area contributed by atoms with Crippen molar-refractivity contribution in [1.29, 1.82) is 0 Å². The molecule has 1 aliphatic carbocycles. The number of hydrogen-bond donors (Lipinski definition) is 1. The molecule has 3 aliphatic heterocycles. The molecule has 0 radical (unpaired) electrons. The molecule has 6 heteroatoms. The van der Waals surface area contributed by atoms with Crippen LogP contribution in [0, 0.1) is 11.8 Å². The number of benzene rings is 1. The first kappa shape index (κ1) is 16.0. The van der Waals surface area contributed by atoms with Crippen LogP contribution in [-0.2, 0) is 11.3 Å². The Kier molecular flexibility index (Phi) is 4.00. The standard InChI is InChI=1S/C20H25N5O/c26-20(21-16-6-7-16)18-12-24-9-8-15(18)10-17(24)11-25-13-19(22-23-25)14-4-2-1-3-5-14/h1-5,13,15-18H,6-12H2,(H,21,26)/t15?,17-,18+/m1/s1. The molecule has 1 saturated carbocycles. The molecule has 26 heavy (non-hydrogen) atoms. The van der Waals surface area contributed by atoms with Crippen molar-refractivity contribution < 1.29 is 4.79 Å². The van der Waals surface area contributed by atoms with Gasteiger partial charge in [0.05, 0.1) is 18.7 Å². The van der Waals surface area contributed by atoms with Gasteiger partial charge in [-0.1, -0.05) is 35.5 Å². The van der Waals surface area contributed by atoms with Gasteiger partial charge in [-0.3, -0.25) is 14.4 Å². The Hall–Kier alpha value is -2.21. The van der Waals surface area contributed by atoms with Crippen LogP contribution in [0.25, 0.3) is 11.3 Å². The summed E-state index contributed by atoms with van der Waals surface area (Å²) in [5, 5.41) is 11.9. The van der Waals surface area contributed by atoms with Crippen LogP contribution in [0.5, 0.6) is 0 Å². The Morgan fingerprint density at radius 3 is 2.77 bits per heavy atom. The van der Waals surface area contributed by atoms with Crippen molar-refractivity contribution in [3.8, 4) is 11.3 Å². The first-order valence-corrected chi connectivity index (χ1v) is 9.76. The summed E-state index contributed by atoms with van der Waals surface area (Å²) in [6, 6.07) is 11.1. The number of carbonyl (C=O) groups is 1. The van der Waals surface area contributed by atoms with Crippen LogP contribution >= 0.6 is 0 Å². The third kappa shape index (κ3) is 3.14. The molecule has 1 aromatic carbocycles. The zero-order chi connectivity index (χ0) is 17.5. The second-order valence-corrected chi connectivity index (χ2v) is 8.01. The molecule has 2 bridgehead atoms. The fourth-order valence-corrected chi connectivity index (χ4v) is 4.51.